The summed E-state index contributed by atoms with van der Waals surface area (Å²) in [5.41, 5.74) is 3.36. The maximum Gasteiger partial charge on any atom is 0.247 e. The van der Waals surface area contributed by atoms with E-state index < -0.39 is 14.4 Å². The summed E-state index contributed by atoms with van der Waals surface area (Å²) in [4.78, 5) is 15.4. The average Bonchev–Trinajstić information content (AvgIpc) is 3.34. The number of amides is 1. The summed E-state index contributed by atoms with van der Waals surface area (Å²) >= 11 is 6.46. The average molecular weight is 568 g/mol. The van der Waals surface area contributed by atoms with E-state index in [0.29, 0.717) is 34.6 Å². The van der Waals surface area contributed by atoms with Crippen LogP contribution in [0.2, 0.25) is 23.2 Å². The Morgan fingerprint density at radius 1 is 1.18 bits per heavy atom. The standard InChI is InChI=1S/C29H38ClN5O3Si/c1-10-11-24(36)32-21-14-12-20(13-15-21)27-34-35-28(37-27)26(19(3)38-39(8,9)29(4,5)6)33-22-16-17-23(31-7)25(30)18(22)2/h12-17,19,26,33H,10-11H2,1-6,8-9H3,(H,32,36)/t19-,26-/m1/s1. The molecule has 3 rings (SSSR count). The number of rotatable bonds is 10. The second kappa shape index (κ2) is 12.3. The molecule has 0 aliphatic rings. The van der Waals surface area contributed by atoms with Crippen molar-refractivity contribution in [3.05, 3.63) is 64.3 Å². The van der Waals surface area contributed by atoms with Crippen LogP contribution in [0.5, 0.6) is 0 Å². The summed E-state index contributed by atoms with van der Waals surface area (Å²) < 4.78 is 12.9. The van der Waals surface area contributed by atoms with Crippen LogP contribution in [0.3, 0.4) is 0 Å². The van der Waals surface area contributed by atoms with Crippen molar-refractivity contribution in [1.82, 2.24) is 10.2 Å². The summed E-state index contributed by atoms with van der Waals surface area (Å²) in [6.45, 7) is 24.2. The summed E-state index contributed by atoms with van der Waals surface area (Å²) in [7, 11) is -2.13. The normalized spacial score (nSPS) is 13.4. The molecule has 39 heavy (non-hydrogen) atoms. The van der Waals surface area contributed by atoms with Crippen LogP contribution in [0, 0.1) is 13.5 Å². The van der Waals surface area contributed by atoms with Gasteiger partial charge in [-0.3, -0.25) is 4.79 Å². The first-order valence-corrected chi connectivity index (χ1v) is 16.4. The molecule has 0 bridgehead atoms. The van der Waals surface area contributed by atoms with Gasteiger partial charge in [-0.1, -0.05) is 45.4 Å². The number of hydrogen-bond acceptors (Lipinski definition) is 6. The number of benzene rings is 2. The monoisotopic (exact) mass is 567 g/mol. The largest absolute Gasteiger partial charge is 0.418 e. The van der Waals surface area contributed by atoms with Gasteiger partial charge in [-0.2, -0.15) is 0 Å². The van der Waals surface area contributed by atoms with E-state index in [1.54, 1.807) is 6.07 Å². The van der Waals surface area contributed by atoms with E-state index in [1.165, 1.54) is 0 Å². The topological polar surface area (TPSA) is 93.6 Å². The van der Waals surface area contributed by atoms with Gasteiger partial charge < -0.3 is 19.5 Å². The smallest absolute Gasteiger partial charge is 0.247 e. The van der Waals surface area contributed by atoms with Crippen LogP contribution in [0.1, 0.15) is 65.0 Å². The van der Waals surface area contributed by atoms with Crippen LogP contribution in [0.15, 0.2) is 40.8 Å². The molecular formula is C29H38ClN5O3Si. The zero-order valence-electron chi connectivity index (χ0n) is 24.0. The first-order chi connectivity index (χ1) is 18.3. The van der Waals surface area contributed by atoms with Crippen molar-refractivity contribution in [2.75, 3.05) is 10.6 Å². The van der Waals surface area contributed by atoms with Crippen LogP contribution in [-0.4, -0.2) is 30.5 Å². The SMILES string of the molecule is [C-]#[N+]c1ccc(N[C@@H](c2nnc(-c3ccc(NC(=O)CCC)cc3)o2)[C@@H](C)O[Si](C)(C)C(C)(C)C)c(C)c1Cl. The summed E-state index contributed by atoms with van der Waals surface area (Å²) in [6.07, 6.45) is 0.953. The fraction of sp³-hybridized carbons (Fsp3) is 0.448. The predicted molar refractivity (Wildman–Crippen MR) is 160 cm³/mol. The van der Waals surface area contributed by atoms with Crippen LogP contribution in [0.4, 0.5) is 17.1 Å². The van der Waals surface area contributed by atoms with Gasteiger partial charge in [-0.25, -0.2) is 4.85 Å². The van der Waals surface area contributed by atoms with E-state index in [4.69, 9.17) is 27.0 Å². The van der Waals surface area contributed by atoms with Crippen molar-refractivity contribution >= 4 is 42.9 Å². The van der Waals surface area contributed by atoms with Gasteiger partial charge in [0, 0.05) is 23.4 Å². The molecule has 8 nitrogen and oxygen atoms in total. The number of hydrogen-bond donors (Lipinski definition) is 2. The fourth-order valence-electron chi connectivity index (χ4n) is 3.79. The molecule has 1 amide bonds. The molecule has 0 spiro atoms. The van der Waals surface area contributed by atoms with E-state index in [0.717, 1.165) is 23.2 Å². The Labute approximate surface area is 237 Å². The highest BCUT2D eigenvalue weighted by atomic mass is 35.5. The lowest BCUT2D eigenvalue weighted by molar-refractivity contribution is -0.116. The highest BCUT2D eigenvalue weighted by molar-refractivity contribution is 6.74. The molecule has 10 heteroatoms. The Kier molecular flexibility index (Phi) is 9.59. The van der Waals surface area contributed by atoms with Crippen molar-refractivity contribution in [2.24, 2.45) is 0 Å². The van der Waals surface area contributed by atoms with Gasteiger partial charge in [0.2, 0.25) is 23.4 Å². The lowest BCUT2D eigenvalue weighted by atomic mass is 10.1. The van der Waals surface area contributed by atoms with Crippen molar-refractivity contribution in [1.29, 1.82) is 0 Å². The zero-order valence-corrected chi connectivity index (χ0v) is 25.7. The van der Waals surface area contributed by atoms with Gasteiger partial charge in [0.25, 0.3) is 0 Å². The van der Waals surface area contributed by atoms with Gasteiger partial charge in [0.1, 0.15) is 6.04 Å². The molecule has 0 aliphatic carbocycles. The number of anilines is 2. The van der Waals surface area contributed by atoms with Crippen molar-refractivity contribution in [3.63, 3.8) is 0 Å². The lowest BCUT2D eigenvalue weighted by Crippen LogP contribution is -2.45. The maximum absolute atomic E-state index is 11.9. The van der Waals surface area contributed by atoms with Crippen molar-refractivity contribution in [3.8, 4) is 11.5 Å². The number of nitrogens with zero attached hydrogens (tertiary/aromatic N) is 3. The molecule has 0 saturated heterocycles. The molecule has 3 aromatic rings. The molecule has 0 saturated carbocycles. The Morgan fingerprint density at radius 2 is 1.85 bits per heavy atom. The van der Waals surface area contributed by atoms with E-state index in [-0.39, 0.29) is 17.0 Å². The maximum atomic E-state index is 11.9. The van der Waals surface area contributed by atoms with Crippen LogP contribution < -0.4 is 10.6 Å². The fourth-order valence-corrected chi connectivity index (χ4v) is 5.42. The highest BCUT2D eigenvalue weighted by Crippen LogP contribution is 2.40. The third-order valence-electron chi connectivity index (χ3n) is 7.15. The Bertz CT molecular complexity index is 1340. The zero-order chi connectivity index (χ0) is 29.0. The molecule has 2 aromatic carbocycles. The van der Waals surface area contributed by atoms with E-state index in [1.807, 2.05) is 51.1 Å². The minimum absolute atomic E-state index is 0.0105. The van der Waals surface area contributed by atoms with Gasteiger partial charge in [0.15, 0.2) is 8.32 Å². The second-order valence-electron chi connectivity index (χ2n) is 11.2. The van der Waals surface area contributed by atoms with Gasteiger partial charge in [-0.15, -0.1) is 10.2 Å². The molecule has 1 heterocycles. The molecule has 1 aromatic heterocycles. The Hall–Kier alpha value is -3.19. The molecule has 0 unspecified atom stereocenters. The minimum Gasteiger partial charge on any atom is -0.418 e. The van der Waals surface area contributed by atoms with Crippen LogP contribution in [-0.2, 0) is 9.22 Å². The first-order valence-electron chi connectivity index (χ1n) is 13.1. The third-order valence-corrected chi connectivity index (χ3v) is 12.2. The summed E-state index contributed by atoms with van der Waals surface area (Å²) in [6, 6.07) is 10.4. The summed E-state index contributed by atoms with van der Waals surface area (Å²) in [5.74, 6) is 0.719. The molecule has 208 valence electrons. The van der Waals surface area contributed by atoms with E-state index in [9.17, 15) is 4.79 Å². The Balaban J connectivity index is 1.93. The van der Waals surface area contributed by atoms with Gasteiger partial charge in [0.05, 0.1) is 17.7 Å². The van der Waals surface area contributed by atoms with Gasteiger partial charge >= 0.3 is 0 Å². The Morgan fingerprint density at radius 3 is 2.44 bits per heavy atom. The highest BCUT2D eigenvalue weighted by Gasteiger charge is 2.41. The number of halogens is 1. The van der Waals surface area contributed by atoms with Crippen LogP contribution >= 0.6 is 11.6 Å². The molecule has 0 fully saturated rings. The van der Waals surface area contributed by atoms with Crippen molar-refractivity contribution in [2.45, 2.75) is 84.7 Å². The molecule has 0 radical (unpaired) electrons. The third kappa shape index (κ3) is 7.27. The quantitative estimate of drug-likeness (QED) is 0.188. The predicted octanol–water partition coefficient (Wildman–Crippen LogP) is 8.55. The summed E-state index contributed by atoms with van der Waals surface area (Å²) in [5, 5.41) is 15.5. The van der Waals surface area contributed by atoms with Crippen LogP contribution in [0.25, 0.3) is 16.3 Å². The van der Waals surface area contributed by atoms with E-state index >= 15 is 0 Å². The van der Waals surface area contributed by atoms with Crippen molar-refractivity contribution < 1.29 is 13.6 Å². The number of aromatic nitrogens is 2. The number of nitrogens with one attached hydrogen (secondary N) is 2. The number of carbonyl (C=O) groups is 1. The molecular weight excluding hydrogens is 530 g/mol. The second-order valence-corrected chi connectivity index (χ2v) is 16.3. The first kappa shape index (κ1) is 30.3. The van der Waals surface area contributed by atoms with E-state index in [2.05, 4.69) is 59.5 Å². The molecule has 0 aliphatic heterocycles. The lowest BCUT2D eigenvalue weighted by Gasteiger charge is -2.40. The molecule has 2 atom stereocenters. The van der Waals surface area contributed by atoms with Gasteiger partial charge in [-0.05, 0) is 74.3 Å². The molecule has 2 N–H and O–H groups in total. The number of carbonyl (C=O) groups excluding carboxylic acids is 1. The minimum atomic E-state index is -2.13.